The maximum absolute atomic E-state index is 10.1. The molecule has 0 saturated heterocycles. The maximum Gasteiger partial charge on any atom is 0.275 e. The first-order valence-corrected chi connectivity index (χ1v) is 6.57. The molecule has 0 amide bonds. The van der Waals surface area contributed by atoms with E-state index in [4.69, 9.17) is 0 Å². The van der Waals surface area contributed by atoms with E-state index in [1.807, 2.05) is 0 Å². The van der Waals surface area contributed by atoms with Crippen molar-refractivity contribution < 1.29 is 67.8 Å². The summed E-state index contributed by atoms with van der Waals surface area (Å²) in [6.45, 7) is 0. The van der Waals surface area contributed by atoms with E-state index in [0.29, 0.717) is 0 Å². The fourth-order valence-corrected chi connectivity index (χ4v) is 2.61. The predicted octanol–water partition coefficient (Wildman–Crippen LogP) is -3.86. The standard InChI is InChI=1S/Mo.H5O10P3/c;1-11(2,3)9-13(7,8)10-12(4,5)6/h;(H,7,8)(H2,1,2,3)(H2,4,5,6)/p-5. The van der Waals surface area contributed by atoms with E-state index >= 15 is 0 Å². The van der Waals surface area contributed by atoms with Crippen molar-refractivity contribution in [1.29, 1.82) is 0 Å². The molecule has 0 aliphatic carbocycles. The van der Waals surface area contributed by atoms with Gasteiger partial charge in [-0.25, -0.2) is 0 Å². The van der Waals surface area contributed by atoms with Crippen molar-refractivity contribution in [2.24, 2.45) is 0 Å². The van der Waals surface area contributed by atoms with Gasteiger partial charge in [0.1, 0.15) is 0 Å². The summed E-state index contributed by atoms with van der Waals surface area (Å²) in [5.41, 5.74) is 0. The normalized spacial score (nSPS) is 13.5. The largest absolute Gasteiger partial charge is 0.790 e. The van der Waals surface area contributed by atoms with Gasteiger partial charge in [0.25, 0.3) is 7.82 Å². The molecule has 0 rings (SSSR count). The number of hydrogen-bond acceptors (Lipinski definition) is 10. The molecule has 0 atom stereocenters. The smallest absolute Gasteiger partial charge is 0.275 e. The Morgan fingerprint density at radius 2 is 0.929 bits per heavy atom. The van der Waals surface area contributed by atoms with Crippen LogP contribution in [0.15, 0.2) is 0 Å². The van der Waals surface area contributed by atoms with Crippen LogP contribution in [0.3, 0.4) is 0 Å². The fraction of sp³-hybridized carbons (Fsp3) is 0. The number of phosphoric acid groups is 3. The Balaban J connectivity index is 0. The molecule has 0 N–H and O–H groups in total. The Hall–Kier alpha value is 1.10. The Morgan fingerprint density at radius 3 is 1.07 bits per heavy atom. The summed E-state index contributed by atoms with van der Waals surface area (Å²) in [4.78, 5) is 48.6. The molecule has 0 bridgehead atoms. The van der Waals surface area contributed by atoms with Crippen molar-refractivity contribution in [3.05, 3.63) is 0 Å². The van der Waals surface area contributed by atoms with E-state index in [0.717, 1.165) is 0 Å². The Kier molecular flexibility index (Phi) is 6.79. The van der Waals surface area contributed by atoms with E-state index in [1.165, 1.54) is 0 Å². The second-order valence-corrected chi connectivity index (χ2v) is 5.49. The molecule has 0 aromatic carbocycles. The van der Waals surface area contributed by atoms with Gasteiger partial charge in [-0.3, -0.25) is 13.2 Å². The molecule has 0 aliphatic heterocycles. The van der Waals surface area contributed by atoms with Crippen molar-refractivity contribution in [3.8, 4) is 0 Å². The molecular weight excluding hydrogens is 349 g/mol. The Morgan fingerprint density at radius 1 is 0.714 bits per heavy atom. The first-order chi connectivity index (χ1) is 5.41. The molecule has 0 spiro atoms. The molecule has 0 radical (unpaired) electrons. The van der Waals surface area contributed by atoms with Crippen LogP contribution in [0.5, 0.6) is 0 Å². The summed E-state index contributed by atoms with van der Waals surface area (Å²) in [5.74, 6) is 0. The molecule has 0 fully saturated rings. The van der Waals surface area contributed by atoms with Crippen LogP contribution in [0.4, 0.5) is 0 Å². The van der Waals surface area contributed by atoms with Gasteiger partial charge in [0.05, 0.1) is 15.6 Å². The van der Waals surface area contributed by atoms with Crippen LogP contribution in [0, 0.1) is 0 Å². The third kappa shape index (κ3) is 11.2. The minimum atomic E-state index is -5.97. The fourth-order valence-electron chi connectivity index (χ4n) is 0.260. The Labute approximate surface area is 91.6 Å². The molecule has 0 unspecified atom stereocenters. The molecule has 0 aromatic rings. The van der Waals surface area contributed by atoms with Crippen LogP contribution in [0.2, 0.25) is 0 Å². The van der Waals surface area contributed by atoms with Crippen LogP contribution < -0.4 is 24.5 Å². The molecule has 0 aromatic heterocycles. The van der Waals surface area contributed by atoms with E-state index < -0.39 is 23.5 Å². The molecule has 10 nitrogen and oxygen atoms in total. The zero-order chi connectivity index (χ0) is 10.9. The van der Waals surface area contributed by atoms with Gasteiger partial charge in [-0.15, -0.1) is 0 Å². The van der Waals surface area contributed by atoms with Crippen molar-refractivity contribution >= 4 is 23.5 Å². The Bertz CT molecular complexity index is 277. The maximum atomic E-state index is 10.1. The van der Waals surface area contributed by atoms with Gasteiger partial charge in [-0.1, -0.05) is 0 Å². The van der Waals surface area contributed by atoms with Gasteiger partial charge in [0.2, 0.25) is 0 Å². The van der Waals surface area contributed by atoms with Crippen molar-refractivity contribution in [2.45, 2.75) is 0 Å². The third-order valence-corrected chi connectivity index (χ3v) is 3.60. The quantitative estimate of drug-likeness (QED) is 0.359. The first kappa shape index (κ1) is 17.5. The molecule has 14 heteroatoms. The topological polar surface area (TPSA) is 185 Å². The van der Waals surface area contributed by atoms with Crippen LogP contribution in [0.25, 0.3) is 0 Å². The number of hydrogen-bond donors (Lipinski definition) is 0. The third-order valence-electron chi connectivity index (χ3n) is 0.400. The molecule has 0 heterocycles. The molecule has 0 aliphatic rings. The van der Waals surface area contributed by atoms with Gasteiger partial charge in [-0.2, -0.15) is 0 Å². The van der Waals surface area contributed by atoms with Crippen LogP contribution in [-0.2, 0) is 43.4 Å². The zero-order valence-corrected chi connectivity index (χ0v) is 10.5. The van der Waals surface area contributed by atoms with E-state index in [-0.39, 0.29) is 21.1 Å². The van der Waals surface area contributed by atoms with Gasteiger partial charge >= 0.3 is 0 Å². The predicted molar refractivity (Wildman–Crippen MR) is 25.0 cm³/mol. The summed E-state index contributed by atoms with van der Waals surface area (Å²) in [7, 11) is -17.9. The summed E-state index contributed by atoms with van der Waals surface area (Å²) in [5, 5.41) is 0. The molecular formula is MoO10P3-5. The van der Waals surface area contributed by atoms with Crippen molar-refractivity contribution in [2.75, 3.05) is 0 Å². The number of rotatable bonds is 4. The molecule has 0 saturated carbocycles. The van der Waals surface area contributed by atoms with Crippen molar-refractivity contribution in [1.82, 2.24) is 0 Å². The van der Waals surface area contributed by atoms with Gasteiger partial charge < -0.3 is 33.6 Å². The summed E-state index contributed by atoms with van der Waals surface area (Å²) < 4.78 is 34.7. The summed E-state index contributed by atoms with van der Waals surface area (Å²) >= 11 is 0. The van der Waals surface area contributed by atoms with Gasteiger partial charge in [-0.05, 0) is 0 Å². The monoisotopic (exact) mass is 351 g/mol. The minimum Gasteiger partial charge on any atom is -0.790 e. The average Bonchev–Trinajstić information content (AvgIpc) is 1.43. The SMILES string of the molecule is O=P([O-])([O-])OP(=O)([O-])OP(=O)([O-])[O-].[Mo]. The molecule has 14 heavy (non-hydrogen) atoms. The second kappa shape index (κ2) is 5.43. The summed E-state index contributed by atoms with van der Waals surface area (Å²) in [6, 6.07) is 0. The molecule has 86 valence electrons. The van der Waals surface area contributed by atoms with Crippen LogP contribution in [-0.4, -0.2) is 0 Å². The summed E-state index contributed by atoms with van der Waals surface area (Å²) in [6.07, 6.45) is 0. The van der Waals surface area contributed by atoms with E-state index in [2.05, 4.69) is 8.62 Å². The van der Waals surface area contributed by atoms with Gasteiger partial charge in [0.15, 0.2) is 0 Å². The zero-order valence-electron chi connectivity index (χ0n) is 5.83. The average molecular weight is 349 g/mol. The van der Waals surface area contributed by atoms with Crippen LogP contribution in [0.1, 0.15) is 0 Å². The van der Waals surface area contributed by atoms with E-state index in [9.17, 15) is 38.2 Å². The van der Waals surface area contributed by atoms with Gasteiger partial charge in [0, 0.05) is 21.1 Å². The first-order valence-electron chi connectivity index (χ1n) is 2.19. The van der Waals surface area contributed by atoms with E-state index in [1.54, 1.807) is 0 Å². The minimum absolute atomic E-state index is 0. The second-order valence-electron chi connectivity index (χ2n) is 1.50. The van der Waals surface area contributed by atoms with Crippen molar-refractivity contribution in [3.63, 3.8) is 0 Å². The van der Waals surface area contributed by atoms with Crippen LogP contribution >= 0.6 is 23.5 Å².